The molecule has 1 N–H and O–H groups in total. The quantitative estimate of drug-likeness (QED) is 0.584. The first-order valence-electron chi connectivity index (χ1n) is 12.7. The highest BCUT2D eigenvalue weighted by Crippen LogP contribution is 2.48. The van der Waals surface area contributed by atoms with Crippen LogP contribution in [0.2, 0.25) is 0 Å². The van der Waals surface area contributed by atoms with Gasteiger partial charge in [0.25, 0.3) is 0 Å². The highest BCUT2D eigenvalue weighted by atomic mass is 19.1. The Labute approximate surface area is 211 Å². The van der Waals surface area contributed by atoms with E-state index >= 15 is 4.39 Å². The van der Waals surface area contributed by atoms with Crippen molar-refractivity contribution < 1.29 is 18.4 Å². The van der Waals surface area contributed by atoms with Crippen molar-refractivity contribution in [3.05, 3.63) is 70.9 Å². The number of nitrogens with one attached hydrogen (secondary N) is 1. The molecule has 0 saturated carbocycles. The second-order valence-electron chi connectivity index (χ2n) is 11.3. The third-order valence-corrected chi connectivity index (χ3v) is 7.58. The lowest BCUT2D eigenvalue weighted by atomic mass is 9.73. The van der Waals surface area contributed by atoms with Crippen LogP contribution < -0.4 is 10.2 Å². The van der Waals surface area contributed by atoms with Crippen LogP contribution in [0.25, 0.3) is 0 Å². The van der Waals surface area contributed by atoms with Gasteiger partial charge in [0.15, 0.2) is 5.78 Å². The number of allylic oxidation sites excluding steroid dienone is 1. The van der Waals surface area contributed by atoms with Gasteiger partial charge >= 0.3 is 0 Å². The van der Waals surface area contributed by atoms with E-state index in [4.69, 9.17) is 0 Å². The number of carbonyl (C=O) groups is 2. The molecule has 0 bridgehead atoms. The molecule has 5 nitrogen and oxygen atoms in total. The van der Waals surface area contributed by atoms with E-state index in [0.717, 1.165) is 30.3 Å². The van der Waals surface area contributed by atoms with Gasteiger partial charge in [-0.2, -0.15) is 0 Å². The number of carbonyl (C=O) groups excluding carboxylic acids is 2. The Balaban J connectivity index is 1.67. The largest absolute Gasteiger partial charge is 0.357 e. The predicted molar refractivity (Wildman–Crippen MR) is 137 cm³/mol. The second kappa shape index (κ2) is 9.34. The van der Waals surface area contributed by atoms with E-state index in [2.05, 4.69) is 12.2 Å². The van der Waals surface area contributed by atoms with Crippen LogP contribution in [0, 0.1) is 23.0 Å². The van der Waals surface area contributed by atoms with E-state index in [1.54, 1.807) is 0 Å². The van der Waals surface area contributed by atoms with Gasteiger partial charge in [-0.05, 0) is 48.8 Å². The molecule has 5 rings (SSSR count). The van der Waals surface area contributed by atoms with E-state index in [1.807, 2.05) is 47.9 Å². The first-order valence-corrected chi connectivity index (χ1v) is 12.7. The summed E-state index contributed by atoms with van der Waals surface area (Å²) in [6, 6.07) is 10.2. The molecular weight excluding hydrogens is 460 g/mol. The molecular formula is C29H33F2N3O2. The lowest BCUT2D eigenvalue weighted by Crippen LogP contribution is -2.46. The van der Waals surface area contributed by atoms with Crippen LogP contribution in [0.1, 0.15) is 58.1 Å². The predicted octanol–water partition coefficient (Wildman–Crippen LogP) is 5.84. The number of fused-ring (bicyclic) bond motifs is 1. The molecule has 2 unspecified atom stereocenters. The lowest BCUT2D eigenvalue weighted by molar-refractivity contribution is -0.131. The summed E-state index contributed by atoms with van der Waals surface area (Å²) < 4.78 is 29.3. The van der Waals surface area contributed by atoms with Crippen LogP contribution in [-0.4, -0.2) is 36.2 Å². The van der Waals surface area contributed by atoms with E-state index in [9.17, 15) is 14.0 Å². The number of likely N-dealkylation sites (tertiary alicyclic amines) is 1. The second-order valence-corrected chi connectivity index (χ2v) is 11.3. The Morgan fingerprint density at radius 2 is 1.92 bits per heavy atom. The fourth-order valence-corrected chi connectivity index (χ4v) is 5.94. The van der Waals surface area contributed by atoms with Crippen LogP contribution in [0.3, 0.4) is 0 Å². The smallest absolute Gasteiger partial charge is 0.242 e. The average molecular weight is 494 g/mol. The Bertz CT molecular complexity index is 1240. The van der Waals surface area contributed by atoms with Gasteiger partial charge in [0, 0.05) is 42.4 Å². The van der Waals surface area contributed by atoms with Gasteiger partial charge in [0.2, 0.25) is 5.91 Å². The van der Waals surface area contributed by atoms with Crippen LogP contribution in [0.5, 0.6) is 0 Å². The zero-order chi connectivity index (χ0) is 25.6. The van der Waals surface area contributed by atoms with Gasteiger partial charge in [-0.15, -0.1) is 0 Å². The van der Waals surface area contributed by atoms with Crippen LogP contribution in [-0.2, 0) is 9.59 Å². The minimum atomic E-state index is -0.855. The fraction of sp³-hybridized carbons (Fsp3) is 0.448. The molecule has 2 heterocycles. The lowest BCUT2D eigenvalue weighted by Gasteiger charge is -2.39. The van der Waals surface area contributed by atoms with Crippen molar-refractivity contribution in [2.75, 3.05) is 29.9 Å². The topological polar surface area (TPSA) is 52.7 Å². The zero-order valence-electron chi connectivity index (χ0n) is 21.1. The number of rotatable bonds is 3. The molecule has 2 aliphatic heterocycles. The molecule has 0 spiro atoms. The molecule has 2 aromatic carbocycles. The molecule has 190 valence electrons. The normalized spacial score (nSPS) is 23.5. The highest BCUT2D eigenvalue weighted by molar-refractivity contribution is 6.01. The summed E-state index contributed by atoms with van der Waals surface area (Å²) in [4.78, 5) is 31.0. The van der Waals surface area contributed by atoms with Crippen LogP contribution >= 0.6 is 0 Å². The molecule has 2 atom stereocenters. The summed E-state index contributed by atoms with van der Waals surface area (Å²) >= 11 is 0. The summed E-state index contributed by atoms with van der Waals surface area (Å²) in [5.74, 6) is -1.13. The maximum atomic E-state index is 15.4. The van der Waals surface area contributed by atoms with Gasteiger partial charge in [0.1, 0.15) is 11.6 Å². The van der Waals surface area contributed by atoms with E-state index in [1.165, 1.54) is 12.1 Å². The minimum Gasteiger partial charge on any atom is -0.357 e. The van der Waals surface area contributed by atoms with Crippen molar-refractivity contribution in [1.82, 2.24) is 4.90 Å². The average Bonchev–Trinajstić information content (AvgIpc) is 2.93. The van der Waals surface area contributed by atoms with Gasteiger partial charge in [-0.25, -0.2) is 8.78 Å². The molecule has 36 heavy (non-hydrogen) atoms. The Kier molecular flexibility index (Phi) is 6.35. The number of nitrogens with zero attached hydrogens (tertiary/aromatic N) is 2. The Hall–Kier alpha value is -3.22. The zero-order valence-corrected chi connectivity index (χ0v) is 21.1. The maximum Gasteiger partial charge on any atom is 0.242 e. The summed E-state index contributed by atoms with van der Waals surface area (Å²) in [6.07, 6.45) is 2.95. The number of halogens is 2. The van der Waals surface area contributed by atoms with Gasteiger partial charge < -0.3 is 15.1 Å². The van der Waals surface area contributed by atoms with Crippen molar-refractivity contribution in [2.45, 2.75) is 52.5 Å². The number of hydrogen-bond donors (Lipinski definition) is 1. The number of hydrogen-bond acceptors (Lipinski definition) is 4. The van der Waals surface area contributed by atoms with Gasteiger partial charge in [-0.1, -0.05) is 39.0 Å². The number of piperidine rings is 1. The number of Topliss-reactive ketones (excluding diaryl/α,β-unsaturated/α-hetero) is 1. The van der Waals surface area contributed by atoms with E-state index < -0.39 is 17.7 Å². The number of amides is 1. The molecule has 0 radical (unpaired) electrons. The first kappa shape index (κ1) is 24.5. The Morgan fingerprint density at radius 1 is 1.14 bits per heavy atom. The summed E-state index contributed by atoms with van der Waals surface area (Å²) in [6.45, 7) is 7.58. The van der Waals surface area contributed by atoms with Crippen molar-refractivity contribution in [3.63, 3.8) is 0 Å². The number of anilines is 2. The van der Waals surface area contributed by atoms with E-state index in [0.29, 0.717) is 43.1 Å². The Morgan fingerprint density at radius 3 is 2.67 bits per heavy atom. The SMILES string of the molecule is CC1CCCN(C(=O)CN2c3ccccc3NC3=C(C(=O)CC(C)(C)C3)C2c2ccc(F)cc2F)C1. The molecule has 1 saturated heterocycles. The van der Waals surface area contributed by atoms with Crippen molar-refractivity contribution in [1.29, 1.82) is 0 Å². The van der Waals surface area contributed by atoms with Crippen LogP contribution in [0.4, 0.5) is 20.2 Å². The number of ketones is 1. The number of benzene rings is 2. The third kappa shape index (κ3) is 4.63. The summed E-state index contributed by atoms with van der Waals surface area (Å²) in [5.41, 5.74) is 2.59. The summed E-state index contributed by atoms with van der Waals surface area (Å²) in [7, 11) is 0. The maximum absolute atomic E-state index is 15.4. The van der Waals surface area contributed by atoms with Gasteiger partial charge in [-0.3, -0.25) is 9.59 Å². The van der Waals surface area contributed by atoms with Crippen molar-refractivity contribution in [2.24, 2.45) is 11.3 Å². The molecule has 1 amide bonds. The molecule has 3 aliphatic rings. The molecule has 7 heteroatoms. The fourth-order valence-electron chi connectivity index (χ4n) is 5.94. The monoisotopic (exact) mass is 493 g/mol. The number of para-hydroxylation sites is 2. The van der Waals surface area contributed by atoms with Crippen molar-refractivity contribution >= 4 is 23.1 Å². The highest BCUT2D eigenvalue weighted by Gasteiger charge is 2.43. The van der Waals surface area contributed by atoms with Gasteiger partial charge in [0.05, 0.1) is 24.0 Å². The van der Waals surface area contributed by atoms with Crippen LogP contribution in [0.15, 0.2) is 53.7 Å². The first-order chi connectivity index (χ1) is 17.1. The third-order valence-electron chi connectivity index (χ3n) is 7.58. The molecule has 0 aromatic heterocycles. The molecule has 2 aromatic rings. The standard InChI is InChI=1S/C29H33F2N3O2/c1-18-7-6-12-33(16-18)26(36)17-34-24-9-5-4-8-22(24)32-23-14-29(2,3)15-25(35)27(23)28(34)20-11-10-19(30)13-21(20)31/h4-5,8-11,13,18,28,32H,6-7,12,14-17H2,1-3H3. The van der Waals surface area contributed by atoms with Crippen molar-refractivity contribution in [3.8, 4) is 0 Å². The molecule has 1 fully saturated rings. The minimum absolute atomic E-state index is 0.0135. The van der Waals surface area contributed by atoms with E-state index in [-0.39, 0.29) is 29.2 Å². The summed E-state index contributed by atoms with van der Waals surface area (Å²) in [5, 5.41) is 3.46. The molecule has 1 aliphatic carbocycles.